The molecule has 1 N–H and O–H groups in total. The number of thioether (sulfide) groups is 1. The van der Waals surface area contributed by atoms with Crippen molar-refractivity contribution >= 4 is 23.6 Å². The summed E-state index contributed by atoms with van der Waals surface area (Å²) in [5.74, 6) is -1.05. The van der Waals surface area contributed by atoms with Gasteiger partial charge in [-0.15, -0.1) is 11.8 Å². The Kier molecular flexibility index (Phi) is 2.37. The quantitative estimate of drug-likeness (QED) is 0.763. The fraction of sp³-hybridized carbons (Fsp3) is 0.600. The van der Waals surface area contributed by atoms with Crippen LogP contribution in [0.25, 0.3) is 0 Å². The van der Waals surface area contributed by atoms with Crippen molar-refractivity contribution in [3.05, 3.63) is 12.4 Å². The lowest BCUT2D eigenvalue weighted by Gasteiger charge is -2.36. The Morgan fingerprint density at radius 2 is 2.28 bits per heavy atom. The zero-order valence-corrected chi connectivity index (χ0v) is 10.5. The summed E-state index contributed by atoms with van der Waals surface area (Å²) < 4.78 is -0.596. The smallest absolute Gasteiger partial charge is 0.327 e. The minimum absolute atomic E-state index is 0.0147. The fourth-order valence-corrected chi connectivity index (χ4v) is 4.32. The van der Waals surface area contributed by atoms with Crippen molar-refractivity contribution in [3.8, 4) is 0 Å². The predicted octanol–water partition coefficient (Wildman–Crippen LogP) is -0.205. The second-order valence-electron chi connectivity index (χ2n) is 4.69. The average Bonchev–Trinajstić information content (AvgIpc) is 2.83. The number of nitrogens with zero attached hydrogens (tertiary/aromatic N) is 4. The molecule has 1 aromatic rings. The Hall–Kier alpha value is -1.57. The minimum Gasteiger partial charge on any atom is -0.480 e. The second kappa shape index (κ2) is 3.71. The Balaban J connectivity index is 1.90. The predicted molar refractivity (Wildman–Crippen MR) is 62.7 cm³/mol. The molecular weight excluding hydrogens is 256 g/mol. The van der Waals surface area contributed by atoms with Crippen LogP contribution in [-0.4, -0.2) is 53.0 Å². The molecule has 2 aliphatic heterocycles. The van der Waals surface area contributed by atoms with Crippen LogP contribution >= 0.6 is 11.8 Å². The van der Waals surface area contributed by atoms with E-state index in [1.54, 1.807) is 12.4 Å². The summed E-state index contributed by atoms with van der Waals surface area (Å²) in [7, 11) is 0. The third kappa shape index (κ3) is 1.52. The van der Waals surface area contributed by atoms with E-state index in [0.717, 1.165) is 0 Å². The lowest BCUT2D eigenvalue weighted by atomic mass is 9.96. The number of amides is 1. The van der Waals surface area contributed by atoms with Crippen molar-refractivity contribution in [1.82, 2.24) is 19.9 Å². The van der Waals surface area contributed by atoms with E-state index in [0.29, 0.717) is 13.0 Å². The van der Waals surface area contributed by atoms with Gasteiger partial charge in [0.15, 0.2) is 0 Å². The molecule has 0 saturated carbocycles. The van der Waals surface area contributed by atoms with Crippen LogP contribution in [0, 0.1) is 0 Å². The number of carbonyl (C=O) groups excluding carboxylic acids is 1. The molecule has 0 spiro atoms. The van der Waals surface area contributed by atoms with Crippen molar-refractivity contribution in [2.75, 3.05) is 0 Å². The Labute approximate surface area is 107 Å². The molecule has 2 fully saturated rings. The standard InChI is InChI=1S/C10H12N4O3S/c1-10(5-13-11-2-3-12-13)8(9(16)17)14-6(15)4-7(14)18-10/h2-3,7-8H,4-5H2,1H3,(H,16,17)/t7-,8?,10?/m1/s1. The van der Waals surface area contributed by atoms with E-state index < -0.39 is 16.8 Å². The third-order valence-electron chi connectivity index (χ3n) is 3.37. The van der Waals surface area contributed by atoms with Gasteiger partial charge in [-0.2, -0.15) is 15.0 Å². The van der Waals surface area contributed by atoms with Gasteiger partial charge < -0.3 is 10.0 Å². The number of hydrogen-bond donors (Lipinski definition) is 1. The van der Waals surface area contributed by atoms with Crippen LogP contribution in [0.15, 0.2) is 12.4 Å². The molecule has 2 saturated heterocycles. The van der Waals surface area contributed by atoms with Crippen LogP contribution in [0.3, 0.4) is 0 Å². The molecule has 8 heteroatoms. The van der Waals surface area contributed by atoms with Crippen molar-refractivity contribution in [3.63, 3.8) is 0 Å². The number of aromatic nitrogens is 3. The lowest BCUT2D eigenvalue weighted by molar-refractivity contribution is -0.157. The summed E-state index contributed by atoms with van der Waals surface area (Å²) in [5.41, 5.74) is 0. The van der Waals surface area contributed by atoms with E-state index in [4.69, 9.17) is 0 Å². The maximum Gasteiger partial charge on any atom is 0.327 e. The first kappa shape index (κ1) is 11.5. The summed E-state index contributed by atoms with van der Waals surface area (Å²) in [6, 6.07) is -0.806. The highest BCUT2D eigenvalue weighted by molar-refractivity contribution is 8.01. The fourth-order valence-electron chi connectivity index (χ4n) is 2.59. The van der Waals surface area contributed by atoms with Crippen LogP contribution in [0.5, 0.6) is 0 Å². The molecule has 1 amide bonds. The molecule has 0 bridgehead atoms. The molecule has 7 nitrogen and oxygen atoms in total. The topological polar surface area (TPSA) is 88.3 Å². The molecule has 3 atom stereocenters. The van der Waals surface area contributed by atoms with Crippen molar-refractivity contribution in [1.29, 1.82) is 0 Å². The number of carboxylic acids is 1. The van der Waals surface area contributed by atoms with E-state index in [-0.39, 0.29) is 11.3 Å². The molecule has 2 aliphatic rings. The second-order valence-corrected chi connectivity index (χ2v) is 6.40. The summed E-state index contributed by atoms with van der Waals surface area (Å²) in [6.07, 6.45) is 3.54. The number of carboxylic acid groups (broad SMARTS) is 1. The Morgan fingerprint density at radius 1 is 1.61 bits per heavy atom. The molecule has 3 rings (SSSR count). The first-order valence-corrected chi connectivity index (χ1v) is 6.45. The molecule has 96 valence electrons. The highest BCUT2D eigenvalue weighted by atomic mass is 32.2. The highest BCUT2D eigenvalue weighted by Gasteiger charge is 2.60. The normalized spacial score (nSPS) is 34.3. The SMILES string of the molecule is CC1(Cn2nccn2)S[C@@H]2CC(=O)N2C1C(=O)O. The zero-order chi connectivity index (χ0) is 12.9. The van der Waals surface area contributed by atoms with Crippen LogP contribution in [0.2, 0.25) is 0 Å². The van der Waals surface area contributed by atoms with E-state index in [2.05, 4.69) is 10.2 Å². The van der Waals surface area contributed by atoms with Gasteiger partial charge in [0.1, 0.15) is 6.04 Å². The van der Waals surface area contributed by atoms with E-state index in [9.17, 15) is 14.7 Å². The lowest BCUT2D eigenvalue weighted by Crippen LogP contribution is -2.58. The van der Waals surface area contributed by atoms with E-state index in [1.165, 1.54) is 21.5 Å². The van der Waals surface area contributed by atoms with Gasteiger partial charge in [-0.25, -0.2) is 4.79 Å². The first-order valence-electron chi connectivity index (χ1n) is 5.57. The maximum absolute atomic E-state index is 11.5. The number of carbonyl (C=O) groups is 2. The van der Waals surface area contributed by atoms with Gasteiger partial charge in [0.25, 0.3) is 0 Å². The van der Waals surface area contributed by atoms with Crippen LogP contribution in [0.4, 0.5) is 0 Å². The van der Waals surface area contributed by atoms with Crippen LogP contribution in [0.1, 0.15) is 13.3 Å². The maximum atomic E-state index is 11.5. The zero-order valence-electron chi connectivity index (χ0n) is 9.68. The largest absolute Gasteiger partial charge is 0.480 e. The number of fused-ring (bicyclic) bond motifs is 1. The molecule has 2 unspecified atom stereocenters. The van der Waals surface area contributed by atoms with Gasteiger partial charge >= 0.3 is 5.97 Å². The molecule has 0 radical (unpaired) electrons. The summed E-state index contributed by atoms with van der Waals surface area (Å²) in [4.78, 5) is 25.9. The summed E-state index contributed by atoms with van der Waals surface area (Å²) in [6.45, 7) is 2.23. The van der Waals surface area contributed by atoms with Gasteiger partial charge in [-0.3, -0.25) is 4.79 Å². The molecular formula is C10H12N4O3S. The number of aliphatic carboxylic acids is 1. The molecule has 18 heavy (non-hydrogen) atoms. The molecule has 3 heterocycles. The minimum atomic E-state index is -0.965. The molecule has 0 aromatic carbocycles. The molecule has 1 aromatic heterocycles. The number of β-lactam (4-membered cyclic amide) rings is 1. The third-order valence-corrected chi connectivity index (χ3v) is 4.92. The summed E-state index contributed by atoms with van der Waals surface area (Å²) in [5, 5.41) is 17.4. The Morgan fingerprint density at radius 3 is 2.83 bits per heavy atom. The number of rotatable bonds is 3. The van der Waals surface area contributed by atoms with Gasteiger partial charge in [0, 0.05) is 0 Å². The highest BCUT2D eigenvalue weighted by Crippen LogP contribution is 2.51. The number of hydrogen-bond acceptors (Lipinski definition) is 5. The van der Waals surface area contributed by atoms with E-state index >= 15 is 0 Å². The summed E-state index contributed by atoms with van der Waals surface area (Å²) >= 11 is 1.52. The van der Waals surface area contributed by atoms with Crippen LogP contribution in [-0.2, 0) is 16.1 Å². The van der Waals surface area contributed by atoms with Gasteiger partial charge in [-0.1, -0.05) is 0 Å². The van der Waals surface area contributed by atoms with E-state index in [1.807, 2.05) is 6.92 Å². The van der Waals surface area contributed by atoms with Crippen molar-refractivity contribution < 1.29 is 14.7 Å². The Bertz CT molecular complexity index is 505. The average molecular weight is 268 g/mol. The van der Waals surface area contributed by atoms with Gasteiger partial charge in [0.2, 0.25) is 5.91 Å². The monoisotopic (exact) mass is 268 g/mol. The van der Waals surface area contributed by atoms with Gasteiger partial charge in [-0.05, 0) is 6.92 Å². The van der Waals surface area contributed by atoms with Crippen molar-refractivity contribution in [2.45, 2.75) is 36.1 Å². The van der Waals surface area contributed by atoms with Crippen LogP contribution < -0.4 is 0 Å². The first-order chi connectivity index (χ1) is 8.51. The molecule has 0 aliphatic carbocycles. The van der Waals surface area contributed by atoms with Gasteiger partial charge in [0.05, 0.1) is 35.5 Å². The van der Waals surface area contributed by atoms with Crippen molar-refractivity contribution in [2.24, 2.45) is 0 Å².